The predicted octanol–water partition coefficient (Wildman–Crippen LogP) is 0.910. The molecule has 0 aliphatic rings. The van der Waals surface area contributed by atoms with E-state index in [-0.39, 0.29) is 11.3 Å². The number of carboxylic acids is 1. The van der Waals surface area contributed by atoms with Crippen molar-refractivity contribution in [1.82, 2.24) is 9.97 Å². The molecule has 0 amide bonds. The molecule has 2 heterocycles. The van der Waals surface area contributed by atoms with E-state index in [1.807, 2.05) is 0 Å². The highest BCUT2D eigenvalue weighted by Gasteiger charge is 2.11. The van der Waals surface area contributed by atoms with Crippen LogP contribution < -0.4 is 5.73 Å². The van der Waals surface area contributed by atoms with Crippen molar-refractivity contribution in [3.63, 3.8) is 0 Å². The van der Waals surface area contributed by atoms with Crippen molar-refractivity contribution in [2.75, 3.05) is 5.73 Å². The Morgan fingerprint density at radius 1 is 1.43 bits per heavy atom. The molecule has 0 aliphatic heterocycles. The number of hydrogen-bond donors (Lipinski definition) is 2. The van der Waals surface area contributed by atoms with Crippen molar-refractivity contribution in [2.45, 2.75) is 0 Å². The monoisotopic (exact) mass is 189 g/mol. The van der Waals surface area contributed by atoms with Crippen molar-refractivity contribution in [3.8, 4) is 0 Å². The van der Waals surface area contributed by atoms with Crippen LogP contribution in [0.4, 0.5) is 5.69 Å². The molecule has 0 atom stereocenters. The van der Waals surface area contributed by atoms with Gasteiger partial charge in [-0.05, 0) is 12.1 Å². The summed E-state index contributed by atoms with van der Waals surface area (Å²) in [5, 5.41) is 8.78. The number of nitrogen functional groups attached to an aromatic ring is 1. The van der Waals surface area contributed by atoms with Crippen LogP contribution in [0, 0.1) is 0 Å². The molecule has 0 bridgehead atoms. The van der Waals surface area contributed by atoms with Crippen LogP contribution in [0.1, 0.15) is 10.4 Å². The van der Waals surface area contributed by atoms with Crippen LogP contribution in [0.25, 0.3) is 11.0 Å². The van der Waals surface area contributed by atoms with E-state index >= 15 is 0 Å². The highest BCUT2D eigenvalue weighted by Crippen LogP contribution is 2.19. The van der Waals surface area contributed by atoms with Gasteiger partial charge in [0.25, 0.3) is 0 Å². The quantitative estimate of drug-likeness (QED) is 0.695. The molecule has 0 saturated carbocycles. The average molecular weight is 189 g/mol. The van der Waals surface area contributed by atoms with E-state index in [1.54, 1.807) is 18.3 Å². The second kappa shape index (κ2) is 2.95. The molecular weight excluding hydrogens is 182 g/mol. The molecule has 0 aromatic carbocycles. The van der Waals surface area contributed by atoms with Crippen LogP contribution in [0.15, 0.2) is 24.5 Å². The normalized spacial score (nSPS) is 10.3. The molecule has 2 aromatic heterocycles. The van der Waals surface area contributed by atoms with Crippen LogP contribution in [-0.4, -0.2) is 21.0 Å². The second-order valence-corrected chi connectivity index (χ2v) is 2.76. The van der Waals surface area contributed by atoms with E-state index in [4.69, 9.17) is 10.8 Å². The van der Waals surface area contributed by atoms with E-state index in [2.05, 4.69) is 9.97 Å². The van der Waals surface area contributed by atoms with Crippen molar-refractivity contribution in [3.05, 3.63) is 30.1 Å². The average Bonchev–Trinajstić information content (AvgIpc) is 2.18. The van der Waals surface area contributed by atoms with Gasteiger partial charge in [0.1, 0.15) is 11.1 Å². The first-order chi connectivity index (χ1) is 6.70. The lowest BCUT2D eigenvalue weighted by Gasteiger charge is -2.02. The molecule has 5 nitrogen and oxygen atoms in total. The smallest absolute Gasteiger partial charge is 0.339 e. The fraction of sp³-hybridized carbons (Fsp3) is 0. The van der Waals surface area contributed by atoms with Gasteiger partial charge >= 0.3 is 5.97 Å². The van der Waals surface area contributed by atoms with Crippen LogP contribution in [-0.2, 0) is 0 Å². The summed E-state index contributed by atoms with van der Waals surface area (Å²) in [5.41, 5.74) is 6.79. The number of pyridine rings is 2. The number of aromatic carboxylic acids is 1. The molecule has 2 rings (SSSR count). The fourth-order valence-corrected chi connectivity index (χ4v) is 1.21. The third kappa shape index (κ3) is 1.15. The third-order valence-electron chi connectivity index (χ3n) is 1.89. The summed E-state index contributed by atoms with van der Waals surface area (Å²) in [6.07, 6.45) is 2.79. The highest BCUT2D eigenvalue weighted by atomic mass is 16.4. The number of hydrogen-bond acceptors (Lipinski definition) is 4. The summed E-state index contributed by atoms with van der Waals surface area (Å²) >= 11 is 0. The largest absolute Gasteiger partial charge is 0.478 e. The molecule has 0 spiro atoms. The summed E-state index contributed by atoms with van der Waals surface area (Å²) < 4.78 is 0. The number of nitrogens with two attached hydrogens (primary N) is 1. The zero-order valence-corrected chi connectivity index (χ0v) is 7.14. The number of aromatic nitrogens is 2. The van der Waals surface area contributed by atoms with Crippen molar-refractivity contribution in [1.29, 1.82) is 0 Å². The Balaban J connectivity index is 2.81. The molecule has 70 valence electrons. The Kier molecular flexibility index (Phi) is 1.78. The number of anilines is 1. The molecule has 0 unspecified atom stereocenters. The van der Waals surface area contributed by atoms with Gasteiger partial charge in [0.05, 0.1) is 11.2 Å². The number of carboxylic acid groups (broad SMARTS) is 1. The van der Waals surface area contributed by atoms with Gasteiger partial charge < -0.3 is 10.8 Å². The number of nitrogens with zero attached hydrogens (tertiary/aromatic N) is 2. The van der Waals surface area contributed by atoms with Gasteiger partial charge in [-0.25, -0.2) is 4.79 Å². The van der Waals surface area contributed by atoms with Crippen LogP contribution in [0.5, 0.6) is 0 Å². The van der Waals surface area contributed by atoms with Crippen molar-refractivity contribution in [2.24, 2.45) is 0 Å². The second-order valence-electron chi connectivity index (χ2n) is 2.76. The van der Waals surface area contributed by atoms with Gasteiger partial charge in [0.15, 0.2) is 0 Å². The van der Waals surface area contributed by atoms with Crippen LogP contribution in [0.2, 0.25) is 0 Å². The lowest BCUT2D eigenvalue weighted by molar-refractivity contribution is 0.0698. The maximum absolute atomic E-state index is 10.7. The first-order valence-electron chi connectivity index (χ1n) is 3.92. The zero-order valence-electron chi connectivity index (χ0n) is 7.14. The third-order valence-corrected chi connectivity index (χ3v) is 1.89. The Hall–Kier alpha value is -2.17. The van der Waals surface area contributed by atoms with E-state index in [0.29, 0.717) is 11.0 Å². The summed E-state index contributed by atoms with van der Waals surface area (Å²) in [4.78, 5) is 18.6. The minimum absolute atomic E-state index is 0.0174. The molecule has 0 radical (unpaired) electrons. The first-order valence-corrected chi connectivity index (χ1v) is 3.92. The summed E-state index contributed by atoms with van der Waals surface area (Å²) in [6, 6.07) is 3.44. The minimum Gasteiger partial charge on any atom is -0.478 e. The van der Waals surface area contributed by atoms with Crippen LogP contribution >= 0.6 is 0 Å². The summed E-state index contributed by atoms with van der Waals surface area (Å²) in [7, 11) is 0. The molecule has 0 saturated heterocycles. The SMILES string of the molecule is Nc1c(C(=O)O)cnc2cccnc12. The standard InChI is InChI=1S/C9H7N3O2/c10-7-5(9(13)14)4-12-6-2-1-3-11-8(6)7/h1-4H,(H2,10,12)(H,13,14). The van der Waals surface area contributed by atoms with E-state index < -0.39 is 5.97 Å². The Bertz CT molecular complexity index is 510. The number of rotatable bonds is 1. The topological polar surface area (TPSA) is 89.1 Å². The fourth-order valence-electron chi connectivity index (χ4n) is 1.21. The van der Waals surface area contributed by atoms with Crippen molar-refractivity contribution >= 4 is 22.7 Å². The van der Waals surface area contributed by atoms with Gasteiger partial charge in [-0.2, -0.15) is 0 Å². The molecule has 2 aromatic rings. The van der Waals surface area contributed by atoms with E-state index in [1.165, 1.54) is 6.20 Å². The summed E-state index contributed by atoms with van der Waals surface area (Å²) in [6.45, 7) is 0. The Morgan fingerprint density at radius 2 is 2.21 bits per heavy atom. The molecule has 0 fully saturated rings. The summed E-state index contributed by atoms with van der Waals surface area (Å²) in [5.74, 6) is -1.09. The van der Waals surface area contributed by atoms with Crippen molar-refractivity contribution < 1.29 is 9.90 Å². The predicted molar refractivity (Wildman–Crippen MR) is 50.9 cm³/mol. The van der Waals surface area contributed by atoms with Gasteiger partial charge in [-0.15, -0.1) is 0 Å². The Labute approximate surface area is 79.2 Å². The first kappa shape index (κ1) is 8.43. The number of fused-ring (bicyclic) bond motifs is 1. The molecular formula is C9H7N3O2. The maximum atomic E-state index is 10.7. The minimum atomic E-state index is -1.09. The molecule has 14 heavy (non-hydrogen) atoms. The molecule has 3 N–H and O–H groups in total. The molecule has 0 aliphatic carbocycles. The highest BCUT2D eigenvalue weighted by molar-refractivity contribution is 6.01. The maximum Gasteiger partial charge on any atom is 0.339 e. The number of carbonyl (C=O) groups is 1. The van der Waals surface area contributed by atoms with E-state index in [9.17, 15) is 4.79 Å². The van der Waals surface area contributed by atoms with Gasteiger partial charge in [-0.1, -0.05) is 0 Å². The van der Waals surface area contributed by atoms with Gasteiger partial charge in [-0.3, -0.25) is 9.97 Å². The van der Waals surface area contributed by atoms with Gasteiger partial charge in [0.2, 0.25) is 0 Å². The van der Waals surface area contributed by atoms with Gasteiger partial charge in [0, 0.05) is 12.4 Å². The zero-order chi connectivity index (χ0) is 10.1. The molecule has 5 heteroatoms. The van der Waals surface area contributed by atoms with E-state index in [0.717, 1.165) is 0 Å². The lowest BCUT2D eigenvalue weighted by atomic mass is 10.2. The Morgan fingerprint density at radius 3 is 2.93 bits per heavy atom. The van der Waals surface area contributed by atoms with Crippen LogP contribution in [0.3, 0.4) is 0 Å². The lowest BCUT2D eigenvalue weighted by Crippen LogP contribution is -2.04.